The van der Waals surface area contributed by atoms with Gasteiger partial charge in [-0.1, -0.05) is 0 Å². The Hall–Kier alpha value is -3.21. The zero-order chi connectivity index (χ0) is 26.3. The molecule has 8 nitrogen and oxygen atoms in total. The van der Waals surface area contributed by atoms with Crippen LogP contribution in [0.3, 0.4) is 0 Å². The third-order valence-electron chi connectivity index (χ3n) is 5.90. The fourth-order valence-electron chi connectivity index (χ4n) is 3.97. The van der Waals surface area contributed by atoms with Gasteiger partial charge in [0.25, 0.3) is 10.0 Å². The second-order valence-electron chi connectivity index (χ2n) is 8.31. The Labute approximate surface area is 222 Å². The number of carbonyl (C=O) groups is 1. The number of rotatable bonds is 10. The van der Waals surface area contributed by atoms with E-state index in [1.54, 1.807) is 48.5 Å². The van der Waals surface area contributed by atoms with E-state index in [-0.39, 0.29) is 11.4 Å². The van der Waals surface area contributed by atoms with Crippen LogP contribution in [0.2, 0.25) is 0 Å². The first-order valence-corrected chi connectivity index (χ1v) is 14.7. The minimum atomic E-state index is -4.01. The van der Waals surface area contributed by atoms with E-state index in [0.29, 0.717) is 36.9 Å². The van der Waals surface area contributed by atoms with Gasteiger partial charge in [0, 0.05) is 29.4 Å². The number of hydrogen-bond donors (Lipinski definition) is 1. The molecule has 1 heterocycles. The molecule has 0 saturated carbocycles. The Morgan fingerprint density at radius 3 is 2.24 bits per heavy atom. The van der Waals surface area contributed by atoms with Gasteiger partial charge in [0.15, 0.2) is 0 Å². The van der Waals surface area contributed by atoms with Crippen LogP contribution < -0.4 is 19.3 Å². The van der Waals surface area contributed by atoms with Crippen molar-refractivity contribution in [2.24, 2.45) is 0 Å². The number of carbonyl (C=O) groups excluding carboxylic acids is 1. The van der Waals surface area contributed by atoms with Gasteiger partial charge in [-0.15, -0.1) is 11.8 Å². The summed E-state index contributed by atoms with van der Waals surface area (Å²) in [6.45, 7) is 5.00. The van der Waals surface area contributed by atoms with Crippen LogP contribution >= 0.6 is 11.8 Å². The van der Waals surface area contributed by atoms with Gasteiger partial charge < -0.3 is 19.7 Å². The highest BCUT2D eigenvalue weighted by Crippen LogP contribution is 2.27. The van der Waals surface area contributed by atoms with E-state index in [9.17, 15) is 13.2 Å². The molecule has 3 aromatic rings. The van der Waals surface area contributed by atoms with Gasteiger partial charge in [-0.2, -0.15) is 0 Å². The molecule has 1 aliphatic rings. The maximum Gasteiger partial charge on any atom is 0.264 e. The molecule has 1 fully saturated rings. The molecule has 0 spiro atoms. The number of morpholine rings is 1. The number of hydrogen-bond acceptors (Lipinski definition) is 7. The standard InChI is InChI=1S/C27H31N3O5S2/c1-3-35-24-10-8-23(9-11-24)30(37(32,33)26-14-12-25(36-2)13-15-26)20-27(31)28-21-4-6-22(7-5-21)29-16-18-34-19-17-29/h4-15H,3,16-20H2,1-2H3,(H,28,31). The number of anilines is 3. The van der Waals surface area contributed by atoms with E-state index in [0.717, 1.165) is 28.0 Å². The third-order valence-corrected chi connectivity index (χ3v) is 8.43. The first kappa shape index (κ1) is 26.8. The van der Waals surface area contributed by atoms with Gasteiger partial charge in [0.1, 0.15) is 12.3 Å². The van der Waals surface area contributed by atoms with Crippen molar-refractivity contribution < 1.29 is 22.7 Å². The second kappa shape index (κ2) is 12.4. The number of benzene rings is 3. The van der Waals surface area contributed by atoms with Gasteiger partial charge in [-0.3, -0.25) is 9.10 Å². The third kappa shape index (κ3) is 6.76. The van der Waals surface area contributed by atoms with Crippen molar-refractivity contribution in [3.63, 3.8) is 0 Å². The molecule has 1 saturated heterocycles. The lowest BCUT2D eigenvalue weighted by atomic mass is 10.2. The summed E-state index contributed by atoms with van der Waals surface area (Å²) < 4.78 is 39.3. The van der Waals surface area contributed by atoms with Crippen molar-refractivity contribution >= 4 is 44.8 Å². The SMILES string of the molecule is CCOc1ccc(N(CC(=O)Nc2ccc(N3CCOCC3)cc2)S(=O)(=O)c2ccc(SC)cc2)cc1. The number of ether oxygens (including phenoxy) is 2. The quantitative estimate of drug-likeness (QED) is 0.379. The first-order chi connectivity index (χ1) is 17.9. The Balaban J connectivity index is 1.54. The molecule has 0 bridgehead atoms. The molecule has 37 heavy (non-hydrogen) atoms. The summed E-state index contributed by atoms with van der Waals surface area (Å²) >= 11 is 1.53. The van der Waals surface area contributed by atoms with Gasteiger partial charge in [0.05, 0.1) is 30.4 Å². The van der Waals surface area contributed by atoms with Gasteiger partial charge in [-0.05, 0) is 86.0 Å². The molecule has 1 aliphatic heterocycles. The van der Waals surface area contributed by atoms with E-state index in [2.05, 4.69) is 10.2 Å². The van der Waals surface area contributed by atoms with Crippen LogP contribution in [-0.4, -0.2) is 60.0 Å². The van der Waals surface area contributed by atoms with Crippen LogP contribution in [0.15, 0.2) is 82.6 Å². The van der Waals surface area contributed by atoms with E-state index >= 15 is 0 Å². The zero-order valence-electron chi connectivity index (χ0n) is 20.9. The highest BCUT2D eigenvalue weighted by molar-refractivity contribution is 7.98. The molecule has 4 rings (SSSR count). The molecule has 1 amide bonds. The molecule has 0 radical (unpaired) electrons. The summed E-state index contributed by atoms with van der Waals surface area (Å²) in [5.41, 5.74) is 2.01. The van der Waals surface area contributed by atoms with E-state index in [1.807, 2.05) is 37.4 Å². The summed E-state index contributed by atoms with van der Waals surface area (Å²) in [7, 11) is -4.01. The molecule has 196 valence electrons. The highest BCUT2D eigenvalue weighted by atomic mass is 32.2. The lowest BCUT2D eigenvalue weighted by Gasteiger charge is -2.29. The Kier molecular flexibility index (Phi) is 8.96. The highest BCUT2D eigenvalue weighted by Gasteiger charge is 2.27. The van der Waals surface area contributed by atoms with Crippen LogP contribution in [0.1, 0.15) is 6.92 Å². The molecular weight excluding hydrogens is 510 g/mol. The fraction of sp³-hybridized carbons (Fsp3) is 0.296. The van der Waals surface area contributed by atoms with Gasteiger partial charge >= 0.3 is 0 Å². The number of nitrogens with zero attached hydrogens (tertiary/aromatic N) is 2. The van der Waals surface area contributed by atoms with Crippen LogP contribution in [-0.2, 0) is 19.6 Å². The molecule has 1 N–H and O–H groups in total. The molecule has 0 aliphatic carbocycles. The normalized spacial score (nSPS) is 13.7. The Morgan fingerprint density at radius 2 is 1.65 bits per heavy atom. The topological polar surface area (TPSA) is 88.2 Å². The van der Waals surface area contributed by atoms with Crippen molar-refractivity contribution in [3.8, 4) is 5.75 Å². The Bertz CT molecular complexity index is 1280. The van der Waals surface area contributed by atoms with Crippen LogP contribution in [0.25, 0.3) is 0 Å². The summed E-state index contributed by atoms with van der Waals surface area (Å²) in [5.74, 6) is 0.176. The molecule has 0 aromatic heterocycles. The molecule has 3 aromatic carbocycles. The van der Waals surface area contributed by atoms with E-state index in [4.69, 9.17) is 9.47 Å². The van der Waals surface area contributed by atoms with Crippen molar-refractivity contribution in [2.45, 2.75) is 16.7 Å². The molecule has 0 unspecified atom stereocenters. The lowest BCUT2D eigenvalue weighted by molar-refractivity contribution is -0.114. The van der Waals surface area contributed by atoms with Crippen LogP contribution in [0, 0.1) is 0 Å². The average molecular weight is 542 g/mol. The maximum atomic E-state index is 13.6. The van der Waals surface area contributed by atoms with Crippen LogP contribution in [0.4, 0.5) is 17.1 Å². The van der Waals surface area contributed by atoms with Crippen molar-refractivity contribution in [1.82, 2.24) is 0 Å². The van der Waals surface area contributed by atoms with E-state index in [1.165, 1.54) is 11.8 Å². The number of nitrogens with one attached hydrogen (secondary N) is 1. The fourth-order valence-corrected chi connectivity index (χ4v) is 5.80. The number of thioether (sulfide) groups is 1. The van der Waals surface area contributed by atoms with Gasteiger partial charge in [0.2, 0.25) is 5.91 Å². The summed E-state index contributed by atoms with van der Waals surface area (Å²) in [6.07, 6.45) is 1.92. The van der Waals surface area contributed by atoms with Gasteiger partial charge in [-0.25, -0.2) is 8.42 Å². The average Bonchev–Trinajstić information content (AvgIpc) is 2.93. The molecule has 0 atom stereocenters. The van der Waals surface area contributed by atoms with Crippen LogP contribution in [0.5, 0.6) is 5.75 Å². The zero-order valence-corrected chi connectivity index (χ0v) is 22.6. The predicted octanol–water partition coefficient (Wildman–Crippen LogP) is 4.48. The molecule has 10 heteroatoms. The van der Waals surface area contributed by atoms with Crippen molar-refractivity contribution in [2.75, 3.05) is 60.2 Å². The summed E-state index contributed by atoms with van der Waals surface area (Å²) in [5, 5.41) is 2.83. The number of amides is 1. The maximum absolute atomic E-state index is 13.6. The summed E-state index contributed by atoms with van der Waals surface area (Å²) in [6, 6.07) is 20.8. The predicted molar refractivity (Wildman–Crippen MR) is 148 cm³/mol. The Morgan fingerprint density at radius 1 is 1.00 bits per heavy atom. The van der Waals surface area contributed by atoms with Crippen molar-refractivity contribution in [3.05, 3.63) is 72.8 Å². The lowest BCUT2D eigenvalue weighted by Crippen LogP contribution is -2.38. The molecular formula is C27H31N3O5S2. The smallest absolute Gasteiger partial charge is 0.264 e. The number of sulfonamides is 1. The largest absolute Gasteiger partial charge is 0.494 e. The summed E-state index contributed by atoms with van der Waals surface area (Å²) in [4.78, 5) is 16.3. The minimum Gasteiger partial charge on any atom is -0.494 e. The van der Waals surface area contributed by atoms with Crippen molar-refractivity contribution in [1.29, 1.82) is 0 Å². The minimum absolute atomic E-state index is 0.113. The first-order valence-electron chi connectivity index (χ1n) is 12.0. The monoisotopic (exact) mass is 541 g/mol. The van der Waals surface area contributed by atoms with E-state index < -0.39 is 15.9 Å². The second-order valence-corrected chi connectivity index (χ2v) is 11.1.